The highest BCUT2D eigenvalue weighted by Crippen LogP contribution is 2.44. The number of anilines is 1. The highest BCUT2D eigenvalue weighted by Gasteiger charge is 2.42. The first-order valence-electron chi connectivity index (χ1n) is 8.54. The van der Waals surface area contributed by atoms with Gasteiger partial charge in [-0.25, -0.2) is 14.4 Å². The molecule has 30 heavy (non-hydrogen) atoms. The fraction of sp³-hybridized carbons (Fsp3) is 0.500. The molecule has 0 heterocycles. The Morgan fingerprint density at radius 2 is 1.50 bits per heavy atom. The first-order valence-corrected chi connectivity index (χ1v) is 9.33. The van der Waals surface area contributed by atoms with E-state index in [9.17, 15) is 29.6 Å². The number of carbonyl (C=O) groups is 3. The first-order chi connectivity index (χ1) is 13.5. The predicted octanol–water partition coefficient (Wildman–Crippen LogP) is 4.74. The third-order valence-corrected chi connectivity index (χ3v) is 3.79. The lowest BCUT2D eigenvalue weighted by molar-refractivity contribution is -0.384. The van der Waals surface area contributed by atoms with Gasteiger partial charge in [0, 0.05) is 6.07 Å². The molecule has 1 N–H and O–H groups in total. The molecule has 12 heteroatoms. The van der Waals surface area contributed by atoms with Crippen molar-refractivity contribution < 1.29 is 38.6 Å². The van der Waals surface area contributed by atoms with Crippen LogP contribution in [-0.2, 0) is 9.47 Å². The molecule has 0 bridgehead atoms. The summed E-state index contributed by atoms with van der Waals surface area (Å²) in [6.07, 6.45) is -2.72. The lowest BCUT2D eigenvalue weighted by Crippen LogP contribution is -2.44. The van der Waals surface area contributed by atoms with Crippen LogP contribution in [-0.4, -0.2) is 46.5 Å². The summed E-state index contributed by atoms with van der Waals surface area (Å²) in [5.41, 5.74) is -4.71. The molecule has 0 aliphatic heterocycles. The monoisotopic (exact) mass is 490 g/mol. The summed E-state index contributed by atoms with van der Waals surface area (Å²) in [4.78, 5) is 48.7. The molecule has 0 aromatic heterocycles. The number of benzene rings is 1. The van der Waals surface area contributed by atoms with Crippen LogP contribution in [0.5, 0.6) is 5.75 Å². The smallest absolute Gasteiger partial charge is 0.424 e. The number of methoxy groups -OCH3 is 1. The van der Waals surface area contributed by atoms with Gasteiger partial charge in [-0.1, -0.05) is 0 Å². The topological polar surface area (TPSA) is 146 Å². The lowest BCUT2D eigenvalue weighted by atomic mass is 10.1. The van der Waals surface area contributed by atoms with E-state index in [4.69, 9.17) is 14.2 Å². The van der Waals surface area contributed by atoms with Gasteiger partial charge in [-0.05, 0) is 57.5 Å². The molecule has 0 aliphatic carbocycles. The van der Waals surface area contributed by atoms with Gasteiger partial charge in [-0.2, -0.15) is 4.90 Å². The quantitative estimate of drug-likeness (QED) is 0.466. The second kappa shape index (κ2) is 8.86. The number of aromatic carboxylic acids is 1. The molecule has 166 valence electrons. The Bertz CT molecular complexity index is 857. The number of halogens is 1. The summed E-state index contributed by atoms with van der Waals surface area (Å²) in [5.74, 6) is -2.00. The van der Waals surface area contributed by atoms with Gasteiger partial charge in [0.05, 0.1) is 12.0 Å². The average molecular weight is 491 g/mol. The van der Waals surface area contributed by atoms with Gasteiger partial charge in [0.1, 0.15) is 27.0 Å². The Morgan fingerprint density at radius 1 is 1.07 bits per heavy atom. The highest BCUT2D eigenvalue weighted by molar-refractivity contribution is 9.10. The molecule has 0 fully saturated rings. The minimum atomic E-state index is -1.67. The van der Waals surface area contributed by atoms with Gasteiger partial charge in [-0.15, -0.1) is 0 Å². The summed E-state index contributed by atoms with van der Waals surface area (Å²) in [5, 5.41) is 21.5. The number of carbonyl (C=O) groups excluding carboxylic acids is 2. The van der Waals surface area contributed by atoms with E-state index < -0.39 is 51.2 Å². The van der Waals surface area contributed by atoms with Crippen LogP contribution in [0, 0.1) is 10.1 Å². The standard InChI is InChI=1S/C18H23BrN2O9/c1-17(2,3)29-15(24)20(16(25)30-18(4,5)6)13-11(14(22)23)10(28-7)8-9(19)12(13)21(26)27/h8H,1-7H3,(H,22,23). The number of amides is 2. The molecular weight excluding hydrogens is 468 g/mol. The third kappa shape index (κ3) is 6.05. The minimum absolute atomic E-state index is 0.186. The number of hydrogen-bond acceptors (Lipinski definition) is 8. The molecule has 11 nitrogen and oxygen atoms in total. The largest absolute Gasteiger partial charge is 0.496 e. The zero-order valence-corrected chi connectivity index (χ0v) is 19.1. The summed E-state index contributed by atoms with van der Waals surface area (Å²) < 4.78 is 15.2. The van der Waals surface area contributed by atoms with Crippen molar-refractivity contribution in [3.8, 4) is 5.75 Å². The van der Waals surface area contributed by atoms with Crippen LogP contribution >= 0.6 is 15.9 Å². The Morgan fingerprint density at radius 3 is 1.80 bits per heavy atom. The Balaban J connectivity index is 4.00. The summed E-state index contributed by atoms with van der Waals surface area (Å²) >= 11 is 2.97. The molecule has 1 aromatic rings. The molecule has 0 saturated heterocycles. The fourth-order valence-electron chi connectivity index (χ4n) is 2.24. The fourth-order valence-corrected chi connectivity index (χ4v) is 2.78. The molecule has 2 amide bonds. The molecule has 0 radical (unpaired) electrons. The molecule has 0 spiro atoms. The normalized spacial score (nSPS) is 11.5. The van der Waals surface area contributed by atoms with Crippen molar-refractivity contribution in [2.45, 2.75) is 52.7 Å². The molecule has 1 rings (SSSR count). The van der Waals surface area contributed by atoms with E-state index in [1.165, 1.54) is 41.5 Å². The Kier molecular flexibility index (Phi) is 7.43. The second-order valence-corrected chi connectivity index (χ2v) is 8.85. The molecule has 0 aliphatic rings. The number of hydrogen-bond donors (Lipinski definition) is 1. The van der Waals surface area contributed by atoms with E-state index >= 15 is 0 Å². The van der Waals surface area contributed by atoms with Crippen molar-refractivity contribution in [2.24, 2.45) is 0 Å². The SMILES string of the molecule is COc1cc(Br)c([N+](=O)[O-])c(N(C(=O)OC(C)(C)C)C(=O)OC(C)(C)C)c1C(=O)O. The number of imide groups is 1. The van der Waals surface area contributed by atoms with Crippen LogP contribution < -0.4 is 9.64 Å². The van der Waals surface area contributed by atoms with Gasteiger partial charge in [0.15, 0.2) is 5.69 Å². The number of nitro benzene ring substituents is 1. The van der Waals surface area contributed by atoms with Gasteiger partial charge < -0.3 is 19.3 Å². The van der Waals surface area contributed by atoms with Crippen LogP contribution in [0.1, 0.15) is 51.9 Å². The molecule has 0 saturated carbocycles. The van der Waals surface area contributed by atoms with Crippen molar-refractivity contribution in [2.75, 3.05) is 12.0 Å². The van der Waals surface area contributed by atoms with Crippen LogP contribution in [0.25, 0.3) is 0 Å². The number of carboxylic acid groups (broad SMARTS) is 1. The number of carboxylic acids is 1. The van der Waals surface area contributed by atoms with Crippen molar-refractivity contribution in [3.05, 3.63) is 26.2 Å². The van der Waals surface area contributed by atoms with E-state index in [-0.39, 0.29) is 15.1 Å². The Hall–Kier alpha value is -2.89. The van der Waals surface area contributed by atoms with E-state index in [1.54, 1.807) is 0 Å². The maximum Gasteiger partial charge on any atom is 0.424 e. The van der Waals surface area contributed by atoms with Gasteiger partial charge in [0.2, 0.25) is 0 Å². The average Bonchev–Trinajstić information content (AvgIpc) is 2.49. The summed E-state index contributed by atoms with van der Waals surface area (Å²) in [7, 11) is 1.13. The number of nitrogens with zero attached hydrogens (tertiary/aromatic N) is 2. The lowest BCUT2D eigenvalue weighted by Gasteiger charge is -2.29. The van der Waals surface area contributed by atoms with E-state index in [0.29, 0.717) is 0 Å². The van der Waals surface area contributed by atoms with E-state index in [1.807, 2.05) is 0 Å². The molecule has 0 unspecified atom stereocenters. The van der Waals surface area contributed by atoms with E-state index in [0.717, 1.165) is 13.2 Å². The van der Waals surface area contributed by atoms with Crippen LogP contribution in [0.4, 0.5) is 21.0 Å². The van der Waals surface area contributed by atoms with Crippen LogP contribution in [0.2, 0.25) is 0 Å². The number of rotatable bonds is 4. The van der Waals surface area contributed by atoms with Crippen molar-refractivity contribution in [3.63, 3.8) is 0 Å². The Labute approximate surface area is 181 Å². The predicted molar refractivity (Wildman–Crippen MR) is 109 cm³/mol. The molecule has 1 aromatic carbocycles. The van der Waals surface area contributed by atoms with Crippen LogP contribution in [0.3, 0.4) is 0 Å². The van der Waals surface area contributed by atoms with Crippen molar-refractivity contribution >= 4 is 45.5 Å². The van der Waals surface area contributed by atoms with E-state index in [2.05, 4.69) is 15.9 Å². The molecule has 0 atom stereocenters. The van der Waals surface area contributed by atoms with Gasteiger partial charge in [0.25, 0.3) is 0 Å². The third-order valence-electron chi connectivity index (χ3n) is 3.18. The maximum atomic E-state index is 12.9. The number of nitro groups is 1. The zero-order chi connectivity index (χ0) is 23.6. The number of ether oxygens (including phenoxy) is 3. The minimum Gasteiger partial charge on any atom is -0.496 e. The van der Waals surface area contributed by atoms with Crippen molar-refractivity contribution in [1.82, 2.24) is 0 Å². The highest BCUT2D eigenvalue weighted by atomic mass is 79.9. The van der Waals surface area contributed by atoms with Gasteiger partial charge >= 0.3 is 23.8 Å². The summed E-state index contributed by atoms with van der Waals surface area (Å²) in [6.45, 7) is 9.04. The second-order valence-electron chi connectivity index (χ2n) is 7.99. The van der Waals surface area contributed by atoms with Crippen LogP contribution in [0.15, 0.2) is 10.5 Å². The van der Waals surface area contributed by atoms with Crippen molar-refractivity contribution in [1.29, 1.82) is 0 Å². The van der Waals surface area contributed by atoms with Gasteiger partial charge in [-0.3, -0.25) is 10.1 Å². The summed E-state index contributed by atoms with van der Waals surface area (Å²) in [6, 6.07) is 1.05. The zero-order valence-electron chi connectivity index (χ0n) is 17.6. The first kappa shape index (κ1) is 25.1. The maximum absolute atomic E-state index is 12.9. The molecular formula is C18H23BrN2O9.